The maximum Gasteiger partial charge on any atom is 0.271 e. The van der Waals surface area contributed by atoms with E-state index in [0.717, 1.165) is 29.0 Å². The number of aromatic nitrogens is 1. The van der Waals surface area contributed by atoms with Crippen molar-refractivity contribution < 1.29 is 9.53 Å². The fourth-order valence-corrected chi connectivity index (χ4v) is 4.49. The molecule has 33 heavy (non-hydrogen) atoms. The third kappa shape index (κ3) is 4.42. The van der Waals surface area contributed by atoms with Crippen LogP contribution in [0.5, 0.6) is 5.75 Å². The van der Waals surface area contributed by atoms with Gasteiger partial charge in [0.05, 0.1) is 18.9 Å². The van der Waals surface area contributed by atoms with Gasteiger partial charge in [0, 0.05) is 53.1 Å². The highest BCUT2D eigenvalue weighted by molar-refractivity contribution is 5.96. The number of hydrogen-bond donors (Lipinski definition) is 1. The number of likely N-dealkylation sites (N-methyl/N-ethyl adjacent to an activating group) is 1. The number of nitrogens with one attached hydrogen (secondary N) is 1. The average Bonchev–Trinajstić information content (AvgIpc) is 3.33. The van der Waals surface area contributed by atoms with E-state index in [-0.39, 0.29) is 11.4 Å². The number of carbonyl (C=O) groups excluding carboxylic acids is 1. The number of nitrogens with zero attached hydrogens (tertiary/aromatic N) is 3. The minimum Gasteiger partial charge on any atom is -0.496 e. The Kier molecular flexibility index (Phi) is 6.09. The van der Waals surface area contributed by atoms with E-state index in [2.05, 4.69) is 61.3 Å². The number of ether oxygens (including phenoxy) is 1. The molecule has 6 heteroatoms. The summed E-state index contributed by atoms with van der Waals surface area (Å²) in [5.74, 6) is 0.448. The van der Waals surface area contributed by atoms with Crippen molar-refractivity contribution in [2.45, 2.75) is 33.2 Å². The Morgan fingerprint density at radius 3 is 2.48 bits per heavy atom. The van der Waals surface area contributed by atoms with Gasteiger partial charge in [-0.2, -0.15) is 5.10 Å². The number of hydrogen-bond acceptors (Lipinski definition) is 4. The first-order valence-corrected chi connectivity index (χ1v) is 11.1. The highest BCUT2D eigenvalue weighted by Gasteiger charge is 2.31. The quantitative estimate of drug-likeness (QED) is 0.418. The second-order valence-electron chi connectivity index (χ2n) is 8.67. The molecular weight excluding hydrogens is 412 g/mol. The van der Waals surface area contributed by atoms with Crippen molar-refractivity contribution in [1.82, 2.24) is 9.99 Å². The Morgan fingerprint density at radius 2 is 1.85 bits per heavy atom. The van der Waals surface area contributed by atoms with Crippen molar-refractivity contribution in [3.63, 3.8) is 0 Å². The zero-order chi connectivity index (χ0) is 23.6. The molecule has 0 fully saturated rings. The Hall–Kier alpha value is -3.80. The second kappa shape index (κ2) is 8.98. The third-order valence-electron chi connectivity index (χ3n) is 6.05. The van der Waals surface area contributed by atoms with Crippen molar-refractivity contribution in [3.05, 3.63) is 83.7 Å². The summed E-state index contributed by atoms with van der Waals surface area (Å²) in [5, 5.41) is 4.20. The molecule has 0 atom stereocenters. The standard InChI is InChI=1S/C27H30N4O2/c1-6-31-24-16-25(33-5)21(15-23(24)19(2)17-27(31,3)4)18-28-29-26(32)20-9-11-22(12-10-20)30-13-7-8-14-30/h7-18H,6H2,1-5H3,(H,29,32)/b28-18+. The van der Waals surface area contributed by atoms with Crippen LogP contribution in [0.25, 0.3) is 11.3 Å². The van der Waals surface area contributed by atoms with Crippen LogP contribution in [-0.2, 0) is 0 Å². The number of benzene rings is 2. The van der Waals surface area contributed by atoms with Gasteiger partial charge in [0.15, 0.2) is 0 Å². The molecule has 1 aromatic heterocycles. The van der Waals surface area contributed by atoms with Crippen LogP contribution in [0.15, 0.2) is 72.1 Å². The smallest absolute Gasteiger partial charge is 0.271 e. The summed E-state index contributed by atoms with van der Waals surface area (Å²) in [4.78, 5) is 14.9. The summed E-state index contributed by atoms with van der Waals surface area (Å²) in [6, 6.07) is 15.4. The van der Waals surface area contributed by atoms with E-state index in [1.807, 2.05) is 41.2 Å². The molecule has 3 aromatic rings. The first-order valence-electron chi connectivity index (χ1n) is 11.1. The van der Waals surface area contributed by atoms with E-state index < -0.39 is 0 Å². The number of methoxy groups -OCH3 is 1. The number of amides is 1. The van der Waals surface area contributed by atoms with Crippen molar-refractivity contribution in [2.75, 3.05) is 18.6 Å². The van der Waals surface area contributed by atoms with Gasteiger partial charge in [-0.15, -0.1) is 0 Å². The molecule has 4 rings (SSSR count). The molecule has 0 aliphatic carbocycles. The molecule has 1 N–H and O–H groups in total. The predicted molar refractivity (Wildman–Crippen MR) is 135 cm³/mol. The maximum absolute atomic E-state index is 12.5. The monoisotopic (exact) mass is 442 g/mol. The van der Waals surface area contributed by atoms with Crippen molar-refractivity contribution in [1.29, 1.82) is 0 Å². The van der Waals surface area contributed by atoms with Crippen LogP contribution in [0.4, 0.5) is 5.69 Å². The molecule has 170 valence electrons. The second-order valence-corrected chi connectivity index (χ2v) is 8.67. The molecule has 6 nitrogen and oxygen atoms in total. The van der Waals surface area contributed by atoms with Crippen LogP contribution in [0, 0.1) is 0 Å². The first-order chi connectivity index (χ1) is 15.8. The minimum atomic E-state index is -0.266. The van der Waals surface area contributed by atoms with Gasteiger partial charge >= 0.3 is 0 Å². The van der Waals surface area contributed by atoms with E-state index in [0.29, 0.717) is 11.3 Å². The van der Waals surface area contributed by atoms with Crippen LogP contribution in [0.2, 0.25) is 0 Å². The van der Waals surface area contributed by atoms with Gasteiger partial charge in [0.25, 0.3) is 5.91 Å². The number of hydrazone groups is 1. The van der Waals surface area contributed by atoms with E-state index in [9.17, 15) is 4.79 Å². The number of anilines is 1. The van der Waals surface area contributed by atoms with Crippen molar-refractivity contribution in [2.24, 2.45) is 5.10 Å². The molecule has 2 heterocycles. The van der Waals surface area contributed by atoms with E-state index in [4.69, 9.17) is 4.74 Å². The molecule has 0 radical (unpaired) electrons. The number of fused-ring (bicyclic) bond motifs is 1. The summed E-state index contributed by atoms with van der Waals surface area (Å²) in [7, 11) is 1.65. The Balaban J connectivity index is 1.54. The van der Waals surface area contributed by atoms with Gasteiger partial charge in [0.1, 0.15) is 5.75 Å². The highest BCUT2D eigenvalue weighted by atomic mass is 16.5. The molecular formula is C27H30N4O2. The summed E-state index contributed by atoms with van der Waals surface area (Å²) in [6.45, 7) is 9.60. The van der Waals surface area contributed by atoms with Gasteiger partial charge in [-0.05, 0) is 75.7 Å². The Bertz CT molecular complexity index is 1210. The zero-order valence-electron chi connectivity index (χ0n) is 19.8. The number of rotatable bonds is 6. The van der Waals surface area contributed by atoms with Crippen LogP contribution < -0.4 is 15.1 Å². The summed E-state index contributed by atoms with van der Waals surface area (Å²) < 4.78 is 7.63. The average molecular weight is 443 g/mol. The number of allylic oxidation sites excluding steroid dienone is 1. The molecule has 0 spiro atoms. The van der Waals surface area contributed by atoms with Crippen molar-refractivity contribution in [3.8, 4) is 11.4 Å². The maximum atomic E-state index is 12.5. The molecule has 0 unspecified atom stereocenters. The molecule has 0 saturated heterocycles. The van der Waals surface area contributed by atoms with Gasteiger partial charge in [0.2, 0.25) is 0 Å². The van der Waals surface area contributed by atoms with Crippen LogP contribution in [0.1, 0.15) is 49.2 Å². The lowest BCUT2D eigenvalue weighted by Crippen LogP contribution is -2.44. The van der Waals surface area contributed by atoms with E-state index in [1.165, 1.54) is 5.57 Å². The normalized spacial score (nSPS) is 14.7. The topological polar surface area (TPSA) is 58.9 Å². The lowest BCUT2D eigenvalue weighted by atomic mass is 9.88. The summed E-state index contributed by atoms with van der Waals surface area (Å²) in [6.07, 6.45) is 7.84. The van der Waals surface area contributed by atoms with Gasteiger partial charge in [-0.1, -0.05) is 6.08 Å². The zero-order valence-corrected chi connectivity index (χ0v) is 19.8. The van der Waals surface area contributed by atoms with Gasteiger partial charge in [-0.25, -0.2) is 5.43 Å². The van der Waals surface area contributed by atoms with Gasteiger partial charge in [-0.3, -0.25) is 4.79 Å². The third-order valence-corrected chi connectivity index (χ3v) is 6.05. The Morgan fingerprint density at radius 1 is 1.15 bits per heavy atom. The summed E-state index contributed by atoms with van der Waals surface area (Å²) in [5.41, 5.74) is 8.39. The predicted octanol–water partition coefficient (Wildman–Crippen LogP) is 5.27. The largest absolute Gasteiger partial charge is 0.496 e. The molecule has 0 bridgehead atoms. The molecule has 0 saturated carbocycles. The molecule has 1 aliphatic rings. The first kappa shape index (κ1) is 22.4. The van der Waals surface area contributed by atoms with E-state index in [1.54, 1.807) is 25.5 Å². The Labute approximate surface area is 195 Å². The lowest BCUT2D eigenvalue weighted by molar-refractivity contribution is 0.0955. The lowest BCUT2D eigenvalue weighted by Gasteiger charge is -2.43. The molecule has 1 amide bonds. The van der Waals surface area contributed by atoms with E-state index >= 15 is 0 Å². The molecule has 1 aliphatic heterocycles. The SMILES string of the molecule is CCN1c2cc(OC)c(/C=N/NC(=O)c3ccc(-n4cccc4)cc3)cc2C(C)=CC1(C)C. The summed E-state index contributed by atoms with van der Waals surface area (Å²) >= 11 is 0. The fraction of sp³-hybridized carbons (Fsp3) is 0.259. The van der Waals surface area contributed by atoms with Crippen LogP contribution in [-0.4, -0.2) is 35.9 Å². The van der Waals surface area contributed by atoms with Gasteiger partial charge < -0.3 is 14.2 Å². The van der Waals surface area contributed by atoms with Crippen LogP contribution >= 0.6 is 0 Å². The fourth-order valence-electron chi connectivity index (χ4n) is 4.49. The number of carbonyl (C=O) groups is 1. The highest BCUT2D eigenvalue weighted by Crippen LogP contribution is 2.41. The van der Waals surface area contributed by atoms with Crippen LogP contribution in [0.3, 0.4) is 0 Å². The van der Waals surface area contributed by atoms with Crippen molar-refractivity contribution >= 4 is 23.4 Å². The minimum absolute atomic E-state index is 0.0721. The molecule has 2 aromatic carbocycles.